The van der Waals surface area contributed by atoms with E-state index in [1.165, 1.54) is 0 Å². The number of carbonyl (C=O) groups is 1. The first-order valence-electron chi connectivity index (χ1n) is 9.24. The molecule has 1 aromatic carbocycles. The summed E-state index contributed by atoms with van der Waals surface area (Å²) >= 11 is 1.60. The average Bonchev–Trinajstić information content (AvgIpc) is 3.34. The van der Waals surface area contributed by atoms with Crippen LogP contribution in [0.2, 0.25) is 0 Å². The van der Waals surface area contributed by atoms with Crippen LogP contribution in [0.1, 0.15) is 32.9 Å². The van der Waals surface area contributed by atoms with Crippen molar-refractivity contribution in [3.63, 3.8) is 0 Å². The molecule has 0 saturated carbocycles. The highest BCUT2D eigenvalue weighted by atomic mass is 35.5. The molecule has 1 fully saturated rings. The van der Waals surface area contributed by atoms with Crippen LogP contribution < -0.4 is 10.1 Å². The summed E-state index contributed by atoms with van der Waals surface area (Å²) in [6.07, 6.45) is 3.67. The van der Waals surface area contributed by atoms with Crippen molar-refractivity contribution in [2.75, 3.05) is 19.6 Å². The van der Waals surface area contributed by atoms with Crippen molar-refractivity contribution in [1.29, 1.82) is 0 Å². The Morgan fingerprint density at radius 1 is 1.37 bits per heavy atom. The Morgan fingerprint density at radius 3 is 2.90 bits per heavy atom. The summed E-state index contributed by atoms with van der Waals surface area (Å²) in [5.74, 6) is 1.54. The minimum atomic E-state index is -0.0937. The molecule has 1 unspecified atom stereocenters. The molecule has 1 aliphatic heterocycles. The molecule has 0 spiro atoms. The number of halogens is 2. The van der Waals surface area contributed by atoms with Crippen molar-refractivity contribution < 1.29 is 9.53 Å². The molecule has 1 amide bonds. The van der Waals surface area contributed by atoms with E-state index in [2.05, 4.69) is 15.3 Å². The SMILES string of the molecule is Cc1nc(COc2cccc(C(=O)N3CCNCC3c3nccn3C)c2)cs1.Cl.Cl. The van der Waals surface area contributed by atoms with Gasteiger partial charge < -0.3 is 19.5 Å². The molecule has 1 saturated heterocycles. The highest BCUT2D eigenvalue weighted by Crippen LogP contribution is 2.24. The summed E-state index contributed by atoms with van der Waals surface area (Å²) in [6.45, 7) is 4.46. The predicted octanol–water partition coefficient (Wildman–Crippen LogP) is 3.39. The summed E-state index contributed by atoms with van der Waals surface area (Å²) in [5.41, 5.74) is 1.52. The van der Waals surface area contributed by atoms with Gasteiger partial charge in [0.25, 0.3) is 5.91 Å². The van der Waals surface area contributed by atoms with Crippen LogP contribution in [0.4, 0.5) is 0 Å². The summed E-state index contributed by atoms with van der Waals surface area (Å²) in [6, 6.07) is 7.26. The molecule has 0 radical (unpaired) electrons. The van der Waals surface area contributed by atoms with Gasteiger partial charge in [-0.1, -0.05) is 6.07 Å². The molecule has 2 aromatic heterocycles. The van der Waals surface area contributed by atoms with Gasteiger partial charge in [0.15, 0.2) is 0 Å². The Kier molecular flexibility index (Phi) is 8.66. The first-order valence-corrected chi connectivity index (χ1v) is 10.1. The lowest BCUT2D eigenvalue weighted by atomic mass is 10.1. The number of aromatic nitrogens is 3. The Hall–Kier alpha value is -2.13. The van der Waals surface area contributed by atoms with Crippen LogP contribution in [0.25, 0.3) is 0 Å². The molecule has 3 aromatic rings. The van der Waals surface area contributed by atoms with E-state index in [0.29, 0.717) is 31.0 Å². The topological polar surface area (TPSA) is 72.3 Å². The summed E-state index contributed by atoms with van der Waals surface area (Å²) < 4.78 is 7.81. The van der Waals surface area contributed by atoms with Crippen molar-refractivity contribution in [3.05, 3.63) is 64.1 Å². The normalized spacial score (nSPS) is 15.8. The second-order valence-electron chi connectivity index (χ2n) is 6.79. The number of aryl methyl sites for hydroxylation is 2. The molecule has 3 heterocycles. The number of ether oxygens (including phenoxy) is 1. The third-order valence-electron chi connectivity index (χ3n) is 4.80. The number of hydrogen-bond acceptors (Lipinski definition) is 6. The van der Waals surface area contributed by atoms with Gasteiger partial charge in [-0.3, -0.25) is 4.79 Å². The number of carbonyl (C=O) groups excluding carboxylic acids is 1. The van der Waals surface area contributed by atoms with Gasteiger partial charge in [0, 0.05) is 50.0 Å². The summed E-state index contributed by atoms with van der Waals surface area (Å²) in [7, 11) is 1.95. The number of imidazole rings is 1. The molecule has 1 atom stereocenters. The Bertz CT molecular complexity index is 978. The zero-order valence-corrected chi connectivity index (χ0v) is 19.2. The van der Waals surface area contributed by atoms with E-state index in [-0.39, 0.29) is 36.8 Å². The molecule has 30 heavy (non-hydrogen) atoms. The molecular formula is C20H25Cl2N5O2S. The molecule has 1 aliphatic rings. The third kappa shape index (κ3) is 5.31. The molecule has 1 N–H and O–H groups in total. The fraction of sp³-hybridized carbons (Fsp3) is 0.350. The molecule has 0 bridgehead atoms. The van der Waals surface area contributed by atoms with E-state index < -0.39 is 0 Å². The largest absolute Gasteiger partial charge is 0.487 e. The third-order valence-corrected chi connectivity index (χ3v) is 5.62. The first kappa shape index (κ1) is 24.1. The van der Waals surface area contributed by atoms with Crippen LogP contribution in [0.3, 0.4) is 0 Å². The highest BCUT2D eigenvalue weighted by molar-refractivity contribution is 7.09. The second kappa shape index (κ2) is 10.8. The van der Waals surface area contributed by atoms with E-state index in [1.54, 1.807) is 23.6 Å². The zero-order chi connectivity index (χ0) is 19.5. The number of nitrogens with one attached hydrogen (secondary N) is 1. The Morgan fingerprint density at radius 2 is 2.20 bits per heavy atom. The number of hydrogen-bond donors (Lipinski definition) is 1. The maximum Gasteiger partial charge on any atom is 0.254 e. The Labute approximate surface area is 192 Å². The van der Waals surface area contributed by atoms with Gasteiger partial charge >= 0.3 is 0 Å². The second-order valence-corrected chi connectivity index (χ2v) is 7.85. The lowest BCUT2D eigenvalue weighted by Gasteiger charge is -2.35. The predicted molar refractivity (Wildman–Crippen MR) is 122 cm³/mol. The molecule has 162 valence electrons. The zero-order valence-electron chi connectivity index (χ0n) is 16.8. The van der Waals surface area contributed by atoms with Crippen molar-refractivity contribution in [2.24, 2.45) is 7.05 Å². The van der Waals surface area contributed by atoms with Gasteiger partial charge in [-0.05, 0) is 25.1 Å². The smallest absolute Gasteiger partial charge is 0.254 e. The van der Waals surface area contributed by atoms with Crippen LogP contribution in [-0.4, -0.2) is 45.0 Å². The summed E-state index contributed by atoms with van der Waals surface area (Å²) in [4.78, 5) is 24.0. The maximum absolute atomic E-state index is 13.2. The van der Waals surface area contributed by atoms with Gasteiger partial charge in [-0.25, -0.2) is 9.97 Å². The van der Waals surface area contributed by atoms with Crippen LogP contribution in [0, 0.1) is 6.92 Å². The Balaban J connectivity index is 0.00000160. The number of amides is 1. The van der Waals surface area contributed by atoms with Crippen LogP contribution in [-0.2, 0) is 13.7 Å². The molecule has 0 aliphatic carbocycles. The molecule has 10 heteroatoms. The van der Waals surface area contributed by atoms with Gasteiger partial charge in [0.05, 0.1) is 10.7 Å². The van der Waals surface area contributed by atoms with Crippen molar-refractivity contribution in [1.82, 2.24) is 24.8 Å². The number of piperazine rings is 1. The van der Waals surface area contributed by atoms with Crippen molar-refractivity contribution >= 4 is 42.1 Å². The molecule has 7 nitrogen and oxygen atoms in total. The fourth-order valence-electron chi connectivity index (χ4n) is 3.39. The van der Waals surface area contributed by atoms with Crippen LogP contribution >= 0.6 is 36.2 Å². The van der Waals surface area contributed by atoms with E-state index in [1.807, 2.05) is 53.2 Å². The monoisotopic (exact) mass is 469 g/mol. The van der Waals surface area contributed by atoms with E-state index in [9.17, 15) is 4.79 Å². The van der Waals surface area contributed by atoms with Gasteiger partial charge in [-0.2, -0.15) is 0 Å². The fourth-order valence-corrected chi connectivity index (χ4v) is 3.99. The standard InChI is InChI=1S/C20H23N5O2S.2ClH/c1-14-23-16(13-28-14)12-27-17-5-3-4-15(10-17)20(26)25-9-6-21-11-18(25)19-22-7-8-24(19)2;;/h3-5,7-8,10,13,18,21H,6,9,11-12H2,1-2H3;2*1H. The van der Waals surface area contributed by atoms with E-state index >= 15 is 0 Å². The number of rotatable bonds is 5. The van der Waals surface area contributed by atoms with Crippen LogP contribution in [0.5, 0.6) is 5.75 Å². The van der Waals surface area contributed by atoms with Gasteiger partial charge in [-0.15, -0.1) is 36.2 Å². The van der Waals surface area contributed by atoms with Crippen molar-refractivity contribution in [2.45, 2.75) is 19.6 Å². The van der Waals surface area contributed by atoms with E-state index in [4.69, 9.17) is 4.74 Å². The molecular weight excluding hydrogens is 445 g/mol. The number of nitrogens with zero attached hydrogens (tertiary/aromatic N) is 4. The highest BCUT2D eigenvalue weighted by Gasteiger charge is 2.31. The van der Waals surface area contributed by atoms with Crippen LogP contribution in [0.15, 0.2) is 42.0 Å². The average molecular weight is 470 g/mol. The maximum atomic E-state index is 13.2. The minimum Gasteiger partial charge on any atom is -0.487 e. The minimum absolute atomic E-state index is 0. The van der Waals surface area contributed by atoms with E-state index in [0.717, 1.165) is 23.1 Å². The lowest BCUT2D eigenvalue weighted by molar-refractivity contribution is 0.0620. The number of thiazole rings is 1. The van der Waals surface area contributed by atoms with Gasteiger partial charge in [0.1, 0.15) is 24.2 Å². The van der Waals surface area contributed by atoms with Crippen molar-refractivity contribution in [3.8, 4) is 5.75 Å². The molecule has 4 rings (SSSR count). The quantitative estimate of drug-likeness (QED) is 0.619. The first-order chi connectivity index (χ1) is 13.6. The number of benzene rings is 1. The summed E-state index contributed by atoms with van der Waals surface area (Å²) in [5, 5.41) is 6.36. The van der Waals surface area contributed by atoms with Gasteiger partial charge in [0.2, 0.25) is 0 Å². The lowest BCUT2D eigenvalue weighted by Crippen LogP contribution is -2.49.